The van der Waals surface area contributed by atoms with E-state index >= 15 is 0 Å². The Morgan fingerprint density at radius 2 is 2.26 bits per heavy atom. The largest absolute Gasteiger partial charge is 0.479 e. The molecule has 19 heavy (non-hydrogen) atoms. The number of carboxylic acids is 1. The summed E-state index contributed by atoms with van der Waals surface area (Å²) in [5.74, 6) is -1.48. The van der Waals surface area contributed by atoms with Gasteiger partial charge in [-0.05, 0) is 37.5 Å². The number of carboxylic acid groups (broad SMARTS) is 1. The van der Waals surface area contributed by atoms with Crippen LogP contribution >= 0.6 is 0 Å². The van der Waals surface area contributed by atoms with Crippen LogP contribution in [0.5, 0.6) is 0 Å². The van der Waals surface area contributed by atoms with Crippen molar-refractivity contribution in [3.8, 4) is 0 Å². The van der Waals surface area contributed by atoms with Gasteiger partial charge in [-0.25, -0.2) is 9.18 Å². The fraction of sp³-hybridized carbons (Fsp3) is 0.429. The van der Waals surface area contributed by atoms with Crippen LogP contribution in [0.2, 0.25) is 0 Å². The molecule has 0 bridgehead atoms. The zero-order valence-electron chi connectivity index (χ0n) is 10.7. The molecule has 0 aliphatic heterocycles. The molecule has 1 unspecified atom stereocenters. The molecule has 1 amide bonds. The summed E-state index contributed by atoms with van der Waals surface area (Å²) in [5, 5.41) is 9.45. The summed E-state index contributed by atoms with van der Waals surface area (Å²) in [6, 6.07) is 5.80. The van der Waals surface area contributed by atoms with Crippen LogP contribution in [-0.2, 0) is 16.0 Å². The van der Waals surface area contributed by atoms with Crippen molar-refractivity contribution in [1.82, 2.24) is 4.90 Å². The first-order valence-electron chi connectivity index (χ1n) is 6.19. The van der Waals surface area contributed by atoms with Crippen molar-refractivity contribution in [2.45, 2.75) is 37.8 Å². The topological polar surface area (TPSA) is 57.6 Å². The Balaban J connectivity index is 2.28. The molecule has 0 saturated heterocycles. The van der Waals surface area contributed by atoms with Gasteiger partial charge in [-0.3, -0.25) is 4.79 Å². The summed E-state index contributed by atoms with van der Waals surface area (Å²) in [6.45, 7) is 1.51. The molecular weight excluding hydrogens is 249 g/mol. The molecule has 0 heterocycles. The molecule has 102 valence electrons. The van der Waals surface area contributed by atoms with E-state index in [9.17, 15) is 19.1 Å². The van der Waals surface area contributed by atoms with Crippen LogP contribution in [0.15, 0.2) is 24.3 Å². The summed E-state index contributed by atoms with van der Waals surface area (Å²) >= 11 is 0. The first-order chi connectivity index (χ1) is 8.97. The molecule has 0 radical (unpaired) electrons. The van der Waals surface area contributed by atoms with E-state index in [0.717, 1.165) is 12.8 Å². The summed E-state index contributed by atoms with van der Waals surface area (Å²) in [4.78, 5) is 24.1. The second-order valence-corrected chi connectivity index (χ2v) is 5.13. The van der Waals surface area contributed by atoms with Gasteiger partial charge in [0.15, 0.2) is 0 Å². The second-order valence-electron chi connectivity index (χ2n) is 5.13. The molecule has 1 aromatic carbocycles. The highest BCUT2D eigenvalue weighted by Gasteiger charge is 2.45. The van der Waals surface area contributed by atoms with Crippen molar-refractivity contribution in [3.63, 3.8) is 0 Å². The molecule has 1 N–H and O–H groups in total. The normalized spacial score (nSPS) is 17.6. The highest BCUT2D eigenvalue weighted by molar-refractivity contribution is 5.81. The molecule has 1 fully saturated rings. The molecule has 1 aliphatic rings. The van der Waals surface area contributed by atoms with Gasteiger partial charge in [-0.1, -0.05) is 12.1 Å². The first kappa shape index (κ1) is 13.5. The maximum atomic E-state index is 13.2. The third-order valence-electron chi connectivity index (χ3n) is 3.52. The van der Waals surface area contributed by atoms with Crippen LogP contribution in [-0.4, -0.2) is 34.0 Å². The molecule has 0 aromatic heterocycles. The van der Waals surface area contributed by atoms with E-state index in [2.05, 4.69) is 0 Å². The summed E-state index contributed by atoms with van der Waals surface area (Å²) in [7, 11) is 0. The third kappa shape index (κ3) is 2.75. The average molecular weight is 265 g/mol. The van der Waals surface area contributed by atoms with Gasteiger partial charge in [0.05, 0.1) is 0 Å². The van der Waals surface area contributed by atoms with Crippen molar-refractivity contribution in [1.29, 1.82) is 0 Å². The Bertz CT molecular complexity index is 501. The molecule has 2 rings (SSSR count). The number of aliphatic carboxylic acids is 1. The lowest BCUT2D eigenvalue weighted by Gasteiger charge is -2.35. The SMILES string of the molecule is CC(Cc1cccc(F)c1)(C(=O)O)N(C=O)C1CC1. The van der Waals surface area contributed by atoms with Crippen LogP contribution in [0.3, 0.4) is 0 Å². The molecular formula is C14H16FNO3. The average Bonchev–Trinajstić information content (AvgIpc) is 3.14. The smallest absolute Gasteiger partial charge is 0.329 e. The standard InChI is InChI=1S/C14H16FNO3/c1-14(13(18)19,16(9-17)12-5-6-12)8-10-3-2-4-11(15)7-10/h2-4,7,9,12H,5-6,8H2,1H3,(H,18,19). The molecule has 1 aromatic rings. The van der Waals surface area contributed by atoms with Gasteiger partial charge in [0.2, 0.25) is 6.41 Å². The fourth-order valence-electron chi connectivity index (χ4n) is 2.28. The Labute approximate surface area is 110 Å². The van der Waals surface area contributed by atoms with Gasteiger partial charge >= 0.3 is 5.97 Å². The fourth-order valence-corrected chi connectivity index (χ4v) is 2.28. The quantitative estimate of drug-likeness (QED) is 0.798. The summed E-state index contributed by atoms with van der Waals surface area (Å²) in [5.41, 5.74) is -0.770. The highest BCUT2D eigenvalue weighted by Crippen LogP contribution is 2.33. The number of carbonyl (C=O) groups is 2. The van der Waals surface area contributed by atoms with Crippen molar-refractivity contribution in [2.75, 3.05) is 0 Å². The summed E-state index contributed by atoms with van der Waals surface area (Å²) in [6.07, 6.45) is 2.33. The third-order valence-corrected chi connectivity index (χ3v) is 3.52. The van der Waals surface area contributed by atoms with Crippen molar-refractivity contribution in [2.24, 2.45) is 0 Å². The number of benzene rings is 1. The number of amides is 1. The molecule has 4 nitrogen and oxygen atoms in total. The van der Waals surface area contributed by atoms with Crippen LogP contribution in [0.4, 0.5) is 4.39 Å². The molecule has 1 atom stereocenters. The highest BCUT2D eigenvalue weighted by atomic mass is 19.1. The van der Waals surface area contributed by atoms with Gasteiger partial charge in [0.1, 0.15) is 11.4 Å². The number of nitrogens with zero attached hydrogens (tertiary/aromatic N) is 1. The number of halogens is 1. The van der Waals surface area contributed by atoms with Gasteiger partial charge < -0.3 is 10.0 Å². The van der Waals surface area contributed by atoms with Crippen LogP contribution in [0.1, 0.15) is 25.3 Å². The van der Waals surface area contributed by atoms with E-state index in [0.29, 0.717) is 12.0 Å². The number of hydrogen-bond donors (Lipinski definition) is 1. The Morgan fingerprint density at radius 3 is 2.74 bits per heavy atom. The minimum Gasteiger partial charge on any atom is -0.479 e. The van der Waals surface area contributed by atoms with E-state index in [1.165, 1.54) is 30.0 Å². The zero-order chi connectivity index (χ0) is 14.0. The lowest BCUT2D eigenvalue weighted by atomic mass is 9.91. The van der Waals surface area contributed by atoms with E-state index in [1.807, 2.05) is 0 Å². The van der Waals surface area contributed by atoms with Gasteiger partial charge in [-0.15, -0.1) is 0 Å². The lowest BCUT2D eigenvalue weighted by molar-refractivity contribution is -0.154. The Morgan fingerprint density at radius 1 is 1.58 bits per heavy atom. The van der Waals surface area contributed by atoms with Crippen LogP contribution < -0.4 is 0 Å². The second kappa shape index (κ2) is 4.99. The Kier molecular flexibility index (Phi) is 3.55. The van der Waals surface area contributed by atoms with Gasteiger partial charge in [-0.2, -0.15) is 0 Å². The number of hydrogen-bond acceptors (Lipinski definition) is 2. The summed E-state index contributed by atoms with van der Waals surface area (Å²) < 4.78 is 13.2. The Hall–Kier alpha value is -1.91. The predicted octanol–water partition coefficient (Wildman–Crippen LogP) is 1.83. The molecule has 5 heteroatoms. The van der Waals surface area contributed by atoms with Crippen molar-refractivity contribution in [3.05, 3.63) is 35.6 Å². The molecule has 0 spiro atoms. The monoisotopic (exact) mass is 265 g/mol. The van der Waals surface area contributed by atoms with E-state index in [-0.39, 0.29) is 12.5 Å². The minimum absolute atomic E-state index is 0.00726. The van der Waals surface area contributed by atoms with Gasteiger partial charge in [0, 0.05) is 12.5 Å². The van der Waals surface area contributed by atoms with Crippen LogP contribution in [0.25, 0.3) is 0 Å². The van der Waals surface area contributed by atoms with Crippen molar-refractivity contribution >= 4 is 12.4 Å². The first-order valence-corrected chi connectivity index (χ1v) is 6.19. The molecule has 1 saturated carbocycles. The predicted molar refractivity (Wildman–Crippen MR) is 67.1 cm³/mol. The molecule has 1 aliphatic carbocycles. The van der Waals surface area contributed by atoms with Crippen LogP contribution in [0, 0.1) is 5.82 Å². The van der Waals surface area contributed by atoms with Crippen molar-refractivity contribution < 1.29 is 19.1 Å². The number of carbonyl (C=O) groups excluding carboxylic acids is 1. The van der Waals surface area contributed by atoms with E-state index in [1.54, 1.807) is 6.07 Å². The lowest BCUT2D eigenvalue weighted by Crippen LogP contribution is -2.54. The van der Waals surface area contributed by atoms with E-state index < -0.39 is 17.3 Å². The van der Waals surface area contributed by atoms with Gasteiger partial charge in [0.25, 0.3) is 0 Å². The van der Waals surface area contributed by atoms with E-state index in [4.69, 9.17) is 0 Å². The maximum Gasteiger partial charge on any atom is 0.329 e. The number of rotatable bonds is 6. The minimum atomic E-state index is -1.34. The maximum absolute atomic E-state index is 13.2. The zero-order valence-corrected chi connectivity index (χ0v) is 10.7.